The van der Waals surface area contributed by atoms with E-state index in [1.165, 1.54) is 6.42 Å². The molecule has 0 radical (unpaired) electrons. The summed E-state index contributed by atoms with van der Waals surface area (Å²) in [6.45, 7) is 1.93. The van der Waals surface area contributed by atoms with Crippen LogP contribution in [0.1, 0.15) is 43.0 Å². The van der Waals surface area contributed by atoms with Gasteiger partial charge in [0, 0.05) is 37.2 Å². The third-order valence-corrected chi connectivity index (χ3v) is 9.29. The molecule has 2 bridgehead atoms. The number of rotatable bonds is 5. The van der Waals surface area contributed by atoms with Crippen LogP contribution < -0.4 is 10.2 Å². The number of piperidine rings is 2. The molecule has 2 saturated carbocycles. The lowest BCUT2D eigenvalue weighted by Gasteiger charge is -2.53. The number of pyridine rings is 1. The van der Waals surface area contributed by atoms with E-state index in [1.54, 1.807) is 12.4 Å². The predicted molar refractivity (Wildman–Crippen MR) is 120 cm³/mol. The summed E-state index contributed by atoms with van der Waals surface area (Å²) >= 11 is 5.96. The number of aromatic nitrogens is 3. The first-order chi connectivity index (χ1) is 15.0. The van der Waals surface area contributed by atoms with Gasteiger partial charge in [0.05, 0.1) is 32.9 Å². The average Bonchev–Trinajstić information content (AvgIpc) is 3.13. The van der Waals surface area contributed by atoms with Gasteiger partial charge in [-0.3, -0.25) is 4.21 Å². The number of hydrogen-bond donors (Lipinski definition) is 2. The van der Waals surface area contributed by atoms with E-state index in [0.717, 1.165) is 60.9 Å². The zero-order chi connectivity index (χ0) is 21.2. The van der Waals surface area contributed by atoms with Crippen molar-refractivity contribution >= 4 is 34.0 Å². The summed E-state index contributed by atoms with van der Waals surface area (Å²) in [7, 11) is -1.02. The Labute approximate surface area is 189 Å². The van der Waals surface area contributed by atoms with Crippen LogP contribution in [-0.2, 0) is 17.2 Å². The number of nitrogens with one attached hydrogen (secondary N) is 1. The maximum absolute atomic E-state index is 12.7. The first-order valence-corrected chi connectivity index (χ1v) is 12.8. The van der Waals surface area contributed by atoms with Gasteiger partial charge in [-0.15, -0.1) is 0 Å². The number of aliphatic hydroxyl groups is 1. The Morgan fingerprint density at radius 1 is 1.26 bits per heavy atom. The van der Waals surface area contributed by atoms with Gasteiger partial charge in [0.1, 0.15) is 17.5 Å². The van der Waals surface area contributed by atoms with Crippen molar-refractivity contribution in [2.45, 2.75) is 48.5 Å². The van der Waals surface area contributed by atoms with E-state index in [0.29, 0.717) is 34.3 Å². The molecule has 31 heavy (non-hydrogen) atoms. The van der Waals surface area contributed by atoms with Gasteiger partial charge in [0.15, 0.2) is 0 Å². The molecular weight excluding hydrogens is 434 g/mol. The van der Waals surface area contributed by atoms with Gasteiger partial charge >= 0.3 is 0 Å². The Balaban J connectivity index is 1.27. The minimum atomic E-state index is -1.02. The van der Waals surface area contributed by atoms with E-state index in [2.05, 4.69) is 26.3 Å². The molecule has 164 valence electrons. The number of halogens is 1. The van der Waals surface area contributed by atoms with Crippen molar-refractivity contribution in [3.8, 4) is 0 Å². The number of fused-ring (bicyclic) bond motifs is 3. The molecule has 2 unspecified atom stereocenters. The van der Waals surface area contributed by atoms with Gasteiger partial charge in [-0.1, -0.05) is 11.6 Å². The molecule has 9 heteroatoms. The summed E-state index contributed by atoms with van der Waals surface area (Å²) in [5.74, 6) is 4.64. The van der Waals surface area contributed by atoms with Gasteiger partial charge in [0.2, 0.25) is 0 Å². The van der Waals surface area contributed by atoms with E-state index < -0.39 is 10.8 Å². The molecule has 7 rings (SSSR count). The Morgan fingerprint density at radius 3 is 2.65 bits per heavy atom. The van der Waals surface area contributed by atoms with Crippen molar-refractivity contribution in [1.29, 1.82) is 0 Å². The first kappa shape index (κ1) is 19.9. The SMILES string of the molecule is O=[S@]1CCc2cc(N3CC4CC(C3)C4c3ncc(Cl)cn3)nc(NC3(CO)CCC3)c21. The lowest BCUT2D eigenvalue weighted by atomic mass is 9.61. The van der Waals surface area contributed by atoms with Gasteiger partial charge < -0.3 is 15.3 Å². The largest absolute Gasteiger partial charge is 0.394 e. The van der Waals surface area contributed by atoms with Crippen LogP contribution in [0.3, 0.4) is 0 Å². The predicted octanol–water partition coefficient (Wildman–Crippen LogP) is 2.76. The molecular formula is C22H26ClN5O2S. The highest BCUT2D eigenvalue weighted by Crippen LogP contribution is 2.51. The first-order valence-electron chi connectivity index (χ1n) is 11.1. The molecule has 5 aliphatic rings. The number of aryl methyl sites for hydroxylation is 1. The highest BCUT2D eigenvalue weighted by molar-refractivity contribution is 7.85. The van der Waals surface area contributed by atoms with E-state index in [4.69, 9.17) is 16.6 Å². The maximum atomic E-state index is 12.7. The van der Waals surface area contributed by atoms with E-state index in [1.807, 2.05) is 0 Å². The normalized spacial score (nSPS) is 30.3. The number of anilines is 2. The maximum Gasteiger partial charge on any atom is 0.145 e. The molecule has 3 aliphatic heterocycles. The second kappa shape index (κ2) is 7.39. The molecule has 7 nitrogen and oxygen atoms in total. The molecule has 2 aliphatic carbocycles. The minimum absolute atomic E-state index is 0.0803. The summed E-state index contributed by atoms with van der Waals surface area (Å²) in [5.41, 5.74) is 0.822. The Hall–Kier alpha value is -1.77. The highest BCUT2D eigenvalue weighted by Gasteiger charge is 2.49. The highest BCUT2D eigenvalue weighted by atomic mass is 35.5. The van der Waals surface area contributed by atoms with E-state index in [-0.39, 0.29) is 12.1 Å². The van der Waals surface area contributed by atoms with Gasteiger partial charge in [0.25, 0.3) is 0 Å². The lowest BCUT2D eigenvalue weighted by Crippen LogP contribution is -2.54. The van der Waals surface area contributed by atoms with Crippen LogP contribution in [0, 0.1) is 11.8 Å². The quantitative estimate of drug-likeness (QED) is 0.710. The van der Waals surface area contributed by atoms with Crippen LogP contribution >= 0.6 is 11.6 Å². The van der Waals surface area contributed by atoms with E-state index in [9.17, 15) is 9.32 Å². The van der Waals surface area contributed by atoms with Crippen molar-refractivity contribution in [2.24, 2.45) is 11.8 Å². The van der Waals surface area contributed by atoms with Crippen molar-refractivity contribution in [3.05, 3.63) is 34.9 Å². The number of aliphatic hydroxyl groups excluding tert-OH is 1. The fourth-order valence-corrected chi connectivity index (χ4v) is 7.20. The molecule has 4 fully saturated rings. The average molecular weight is 460 g/mol. The molecule has 0 aromatic carbocycles. The molecule has 5 heterocycles. The van der Waals surface area contributed by atoms with Crippen molar-refractivity contribution in [1.82, 2.24) is 15.0 Å². The van der Waals surface area contributed by atoms with Crippen LogP contribution in [0.4, 0.5) is 11.6 Å². The minimum Gasteiger partial charge on any atom is -0.394 e. The second-order valence-electron chi connectivity index (χ2n) is 9.48. The Morgan fingerprint density at radius 2 is 2.00 bits per heavy atom. The third-order valence-electron chi connectivity index (χ3n) is 7.61. The van der Waals surface area contributed by atoms with Crippen LogP contribution in [0.5, 0.6) is 0 Å². The molecule has 3 atom stereocenters. The fourth-order valence-electron chi connectivity index (χ4n) is 5.73. The molecule has 0 amide bonds. The smallest absolute Gasteiger partial charge is 0.145 e. The van der Waals surface area contributed by atoms with Crippen LogP contribution in [0.2, 0.25) is 5.02 Å². The van der Waals surface area contributed by atoms with E-state index >= 15 is 0 Å². The lowest BCUT2D eigenvalue weighted by molar-refractivity contribution is 0.104. The standard InChI is InChI=1S/C22H26ClN5O2S/c23-16-8-24-20(25-9-16)18-14-6-15(18)11-28(10-14)17-7-13-2-5-31(30)19(13)21(26-17)27-22(12-29)3-1-4-22/h7-9,14-15,18,29H,1-6,10-12H2,(H,26,27)/t14?,15?,18?,31-/m0/s1. The van der Waals surface area contributed by atoms with Crippen molar-refractivity contribution < 1.29 is 9.32 Å². The van der Waals surface area contributed by atoms with Gasteiger partial charge in [-0.05, 0) is 55.6 Å². The Kier molecular flexibility index (Phi) is 4.74. The molecule has 2 aromatic rings. The van der Waals surface area contributed by atoms with Crippen molar-refractivity contribution in [2.75, 3.05) is 35.7 Å². The Bertz CT molecular complexity index is 1030. The summed E-state index contributed by atoms with van der Waals surface area (Å²) < 4.78 is 12.7. The summed E-state index contributed by atoms with van der Waals surface area (Å²) in [4.78, 5) is 17.1. The molecule has 2 N–H and O–H groups in total. The van der Waals surface area contributed by atoms with Crippen LogP contribution in [0.25, 0.3) is 0 Å². The summed E-state index contributed by atoms with van der Waals surface area (Å²) in [5, 5.41) is 14.0. The summed E-state index contributed by atoms with van der Waals surface area (Å²) in [6.07, 6.45) is 8.34. The zero-order valence-corrected chi connectivity index (χ0v) is 18.8. The fraction of sp³-hybridized carbons (Fsp3) is 0.591. The molecule has 2 aromatic heterocycles. The van der Waals surface area contributed by atoms with Crippen LogP contribution in [-0.4, -0.2) is 55.3 Å². The topological polar surface area (TPSA) is 91.2 Å². The van der Waals surface area contributed by atoms with Gasteiger partial charge in [-0.2, -0.15) is 0 Å². The van der Waals surface area contributed by atoms with Crippen LogP contribution in [0.15, 0.2) is 23.4 Å². The third kappa shape index (κ3) is 3.26. The van der Waals surface area contributed by atoms with Crippen molar-refractivity contribution in [3.63, 3.8) is 0 Å². The van der Waals surface area contributed by atoms with Gasteiger partial charge in [-0.25, -0.2) is 15.0 Å². The monoisotopic (exact) mass is 459 g/mol. The zero-order valence-electron chi connectivity index (χ0n) is 17.3. The second-order valence-corrected chi connectivity index (χ2v) is 11.4. The number of hydrogen-bond acceptors (Lipinski definition) is 7. The molecule has 2 saturated heterocycles. The number of nitrogens with zero attached hydrogens (tertiary/aromatic N) is 4. The molecule has 0 spiro atoms. The summed E-state index contributed by atoms with van der Waals surface area (Å²) in [6, 6.07) is 2.14.